The van der Waals surface area contributed by atoms with Crippen LogP contribution < -0.4 is 10.1 Å². The molecule has 1 aromatic carbocycles. The minimum Gasteiger partial charge on any atom is -0.482 e. The van der Waals surface area contributed by atoms with Crippen LogP contribution in [0.2, 0.25) is 5.02 Å². The second-order valence-electron chi connectivity index (χ2n) is 6.99. The molecule has 0 spiro atoms. The number of halogens is 1. The highest BCUT2D eigenvalue weighted by atomic mass is 35.5. The van der Waals surface area contributed by atoms with Crippen molar-refractivity contribution in [2.75, 3.05) is 18.5 Å². The zero-order valence-corrected chi connectivity index (χ0v) is 15.4. The molecule has 1 amide bonds. The zero-order chi connectivity index (χ0) is 17.6. The van der Waals surface area contributed by atoms with Gasteiger partial charge in [0.05, 0.1) is 10.7 Å². The Morgan fingerprint density at radius 1 is 1.16 bits per heavy atom. The Labute approximate surface area is 152 Å². The Bertz CT molecular complexity index is 809. The van der Waals surface area contributed by atoms with E-state index >= 15 is 0 Å². The maximum absolute atomic E-state index is 13.3. The number of hydrogen-bond acceptors (Lipinski definition) is 4. The van der Waals surface area contributed by atoms with Crippen LogP contribution in [-0.2, 0) is 14.8 Å². The SMILES string of the molecule is O=C1COc2cc(S(=O)(=O)N3CCCC4CCCCC43)c(Cl)cc2N1. The van der Waals surface area contributed by atoms with Crippen molar-refractivity contribution in [2.24, 2.45) is 5.92 Å². The predicted molar refractivity (Wildman–Crippen MR) is 94.4 cm³/mol. The van der Waals surface area contributed by atoms with Gasteiger partial charge in [0.2, 0.25) is 10.0 Å². The van der Waals surface area contributed by atoms with Crippen molar-refractivity contribution in [1.82, 2.24) is 4.31 Å². The van der Waals surface area contributed by atoms with Gasteiger partial charge in [0.25, 0.3) is 5.91 Å². The van der Waals surface area contributed by atoms with E-state index in [0.717, 1.165) is 32.1 Å². The molecule has 136 valence electrons. The topological polar surface area (TPSA) is 75.7 Å². The van der Waals surface area contributed by atoms with Crippen molar-refractivity contribution >= 4 is 33.2 Å². The highest BCUT2D eigenvalue weighted by Gasteiger charge is 2.41. The number of nitrogens with one attached hydrogen (secondary N) is 1. The first-order valence-electron chi connectivity index (χ1n) is 8.75. The van der Waals surface area contributed by atoms with Crippen LogP contribution in [0, 0.1) is 5.92 Å². The van der Waals surface area contributed by atoms with Gasteiger partial charge in [-0.2, -0.15) is 4.31 Å². The van der Waals surface area contributed by atoms with E-state index in [-0.39, 0.29) is 28.5 Å². The number of amides is 1. The number of piperidine rings is 1. The summed E-state index contributed by atoms with van der Waals surface area (Å²) in [6.07, 6.45) is 6.25. The lowest BCUT2D eigenvalue weighted by atomic mass is 9.79. The van der Waals surface area contributed by atoms with Crippen LogP contribution in [0.25, 0.3) is 0 Å². The molecule has 6 nitrogen and oxygen atoms in total. The largest absolute Gasteiger partial charge is 0.482 e. The summed E-state index contributed by atoms with van der Waals surface area (Å²) in [4.78, 5) is 11.5. The van der Waals surface area contributed by atoms with E-state index in [2.05, 4.69) is 5.32 Å². The van der Waals surface area contributed by atoms with Crippen molar-refractivity contribution in [1.29, 1.82) is 0 Å². The smallest absolute Gasteiger partial charge is 0.262 e. The fraction of sp³-hybridized carbons (Fsp3) is 0.588. The Morgan fingerprint density at radius 3 is 2.76 bits per heavy atom. The Balaban J connectivity index is 1.71. The van der Waals surface area contributed by atoms with Gasteiger partial charge in [-0.05, 0) is 37.7 Å². The van der Waals surface area contributed by atoms with E-state index in [4.69, 9.17) is 16.3 Å². The second kappa shape index (κ2) is 6.45. The number of anilines is 1. The van der Waals surface area contributed by atoms with Crippen molar-refractivity contribution in [3.05, 3.63) is 17.2 Å². The van der Waals surface area contributed by atoms with E-state index in [0.29, 0.717) is 23.9 Å². The third-order valence-electron chi connectivity index (χ3n) is 5.45. The molecule has 2 aliphatic heterocycles. The summed E-state index contributed by atoms with van der Waals surface area (Å²) in [6.45, 7) is 0.414. The molecular weight excluding hydrogens is 364 g/mol. The molecule has 1 saturated carbocycles. The normalized spacial score (nSPS) is 27.0. The van der Waals surface area contributed by atoms with Gasteiger partial charge < -0.3 is 10.1 Å². The van der Waals surface area contributed by atoms with Crippen LogP contribution in [0.5, 0.6) is 5.75 Å². The molecule has 2 heterocycles. The number of ether oxygens (including phenoxy) is 1. The van der Waals surface area contributed by atoms with Crippen LogP contribution >= 0.6 is 11.6 Å². The molecule has 4 rings (SSSR count). The maximum atomic E-state index is 13.3. The minimum absolute atomic E-state index is 0.0651. The summed E-state index contributed by atoms with van der Waals surface area (Å²) >= 11 is 6.28. The number of fused-ring (bicyclic) bond motifs is 2. The number of benzene rings is 1. The number of nitrogens with zero attached hydrogens (tertiary/aromatic N) is 1. The Hall–Kier alpha value is -1.31. The summed E-state index contributed by atoms with van der Waals surface area (Å²) < 4.78 is 33.6. The van der Waals surface area contributed by atoms with Crippen LogP contribution in [0.15, 0.2) is 17.0 Å². The molecule has 1 aromatic rings. The summed E-state index contributed by atoms with van der Waals surface area (Å²) in [6, 6.07) is 2.97. The molecular formula is C17H21ClN2O4S. The second-order valence-corrected chi connectivity index (χ2v) is 9.25. The molecule has 0 radical (unpaired) electrons. The standard InChI is InChI=1S/C17H21ClN2O4S/c18-12-8-13-15(24-10-17(21)19-13)9-16(12)25(22,23)20-7-3-5-11-4-1-2-6-14(11)20/h8-9,11,14H,1-7,10H2,(H,19,21). The molecule has 2 unspecified atom stereocenters. The first-order valence-corrected chi connectivity index (χ1v) is 10.6. The number of carbonyl (C=O) groups excluding carboxylic acids is 1. The van der Waals surface area contributed by atoms with Gasteiger partial charge >= 0.3 is 0 Å². The fourth-order valence-electron chi connectivity index (χ4n) is 4.28. The summed E-state index contributed by atoms with van der Waals surface area (Å²) in [5.74, 6) is 0.518. The van der Waals surface area contributed by atoms with E-state index in [9.17, 15) is 13.2 Å². The molecule has 1 aliphatic carbocycles. The molecule has 3 aliphatic rings. The van der Waals surface area contributed by atoms with Crippen molar-refractivity contribution in [2.45, 2.75) is 49.5 Å². The first-order chi connectivity index (χ1) is 12.0. The number of sulfonamides is 1. The van der Waals surface area contributed by atoms with Gasteiger partial charge in [0.1, 0.15) is 10.6 Å². The summed E-state index contributed by atoms with van der Waals surface area (Å²) in [5, 5.41) is 2.76. The monoisotopic (exact) mass is 384 g/mol. The van der Waals surface area contributed by atoms with Crippen LogP contribution in [0.1, 0.15) is 38.5 Å². The maximum Gasteiger partial charge on any atom is 0.262 e. The lowest BCUT2D eigenvalue weighted by molar-refractivity contribution is -0.118. The molecule has 2 fully saturated rings. The van der Waals surface area contributed by atoms with E-state index in [1.165, 1.54) is 18.6 Å². The van der Waals surface area contributed by atoms with Gasteiger partial charge in [-0.15, -0.1) is 0 Å². The van der Waals surface area contributed by atoms with Crippen LogP contribution in [-0.4, -0.2) is 37.8 Å². The average molecular weight is 385 g/mol. The zero-order valence-electron chi connectivity index (χ0n) is 13.8. The van der Waals surface area contributed by atoms with Crippen molar-refractivity contribution in [3.63, 3.8) is 0 Å². The van der Waals surface area contributed by atoms with Gasteiger partial charge in [-0.3, -0.25) is 4.79 Å². The van der Waals surface area contributed by atoms with E-state index < -0.39 is 10.0 Å². The number of hydrogen-bond donors (Lipinski definition) is 1. The van der Waals surface area contributed by atoms with Crippen LogP contribution in [0.3, 0.4) is 0 Å². The highest BCUT2D eigenvalue weighted by molar-refractivity contribution is 7.89. The third-order valence-corrected chi connectivity index (χ3v) is 7.84. The van der Waals surface area contributed by atoms with E-state index in [1.807, 2.05) is 0 Å². The molecule has 0 aromatic heterocycles. The van der Waals surface area contributed by atoms with Gasteiger partial charge in [-0.25, -0.2) is 8.42 Å². The highest BCUT2D eigenvalue weighted by Crippen LogP contribution is 2.41. The quantitative estimate of drug-likeness (QED) is 0.850. The Morgan fingerprint density at radius 2 is 1.92 bits per heavy atom. The third kappa shape index (κ3) is 3.02. The molecule has 0 bridgehead atoms. The first kappa shape index (κ1) is 17.1. The Kier molecular flexibility index (Phi) is 4.42. The summed E-state index contributed by atoms with van der Waals surface area (Å²) in [5.41, 5.74) is 0.411. The lowest BCUT2D eigenvalue weighted by Gasteiger charge is -2.43. The lowest BCUT2D eigenvalue weighted by Crippen LogP contribution is -2.49. The van der Waals surface area contributed by atoms with Gasteiger partial charge in [-0.1, -0.05) is 24.4 Å². The fourth-order valence-corrected chi connectivity index (χ4v) is 6.56. The summed E-state index contributed by atoms with van der Waals surface area (Å²) in [7, 11) is -3.70. The van der Waals surface area contributed by atoms with Crippen molar-refractivity contribution < 1.29 is 17.9 Å². The molecule has 1 N–H and O–H groups in total. The van der Waals surface area contributed by atoms with Crippen LogP contribution in [0.4, 0.5) is 5.69 Å². The van der Waals surface area contributed by atoms with E-state index in [1.54, 1.807) is 4.31 Å². The van der Waals surface area contributed by atoms with Gasteiger partial charge in [0.15, 0.2) is 6.61 Å². The molecule has 1 saturated heterocycles. The minimum atomic E-state index is -3.70. The number of rotatable bonds is 2. The molecule has 8 heteroatoms. The number of carbonyl (C=O) groups is 1. The molecule has 2 atom stereocenters. The predicted octanol–water partition coefficient (Wildman–Crippen LogP) is 3.01. The van der Waals surface area contributed by atoms with Crippen molar-refractivity contribution in [3.8, 4) is 5.75 Å². The average Bonchev–Trinajstić information content (AvgIpc) is 2.60. The van der Waals surface area contributed by atoms with Gasteiger partial charge in [0, 0.05) is 18.7 Å². The molecule has 25 heavy (non-hydrogen) atoms.